The standard InChI is InChI=1S/C15H23N3O/c1-11-5-7-15(9-19,8-6-11)18-14-12-3-2-4-13(12)16-10-17-14/h10-11,19H,2-9H2,1H3,(H,16,17,18). The topological polar surface area (TPSA) is 58.0 Å². The number of nitrogens with zero attached hydrogens (tertiary/aromatic N) is 2. The minimum atomic E-state index is -0.169. The van der Waals surface area contributed by atoms with Gasteiger partial charge in [-0.15, -0.1) is 0 Å². The van der Waals surface area contributed by atoms with Gasteiger partial charge in [0.2, 0.25) is 0 Å². The van der Waals surface area contributed by atoms with Crippen LogP contribution in [0.15, 0.2) is 6.33 Å². The van der Waals surface area contributed by atoms with Crippen molar-refractivity contribution in [2.45, 2.75) is 57.4 Å². The van der Waals surface area contributed by atoms with Gasteiger partial charge in [0.25, 0.3) is 0 Å². The molecule has 1 saturated carbocycles. The van der Waals surface area contributed by atoms with Crippen LogP contribution in [0.5, 0.6) is 0 Å². The number of fused-ring (bicyclic) bond motifs is 1. The highest BCUT2D eigenvalue weighted by atomic mass is 16.3. The van der Waals surface area contributed by atoms with E-state index in [4.69, 9.17) is 0 Å². The molecule has 0 spiro atoms. The van der Waals surface area contributed by atoms with Gasteiger partial charge in [-0.3, -0.25) is 0 Å². The molecular weight excluding hydrogens is 238 g/mol. The van der Waals surface area contributed by atoms with E-state index in [-0.39, 0.29) is 12.1 Å². The van der Waals surface area contributed by atoms with Crippen LogP contribution in [0.1, 0.15) is 50.3 Å². The van der Waals surface area contributed by atoms with Crippen LogP contribution in [0, 0.1) is 5.92 Å². The third kappa shape index (κ3) is 2.46. The fraction of sp³-hybridized carbons (Fsp3) is 0.733. The molecule has 0 bridgehead atoms. The first-order valence-electron chi connectivity index (χ1n) is 7.44. The Morgan fingerprint density at radius 1 is 1.32 bits per heavy atom. The van der Waals surface area contributed by atoms with E-state index in [1.165, 1.54) is 30.5 Å². The second kappa shape index (κ2) is 5.08. The predicted octanol–water partition coefficient (Wildman–Crippen LogP) is 2.32. The van der Waals surface area contributed by atoms with Crippen LogP contribution >= 0.6 is 0 Å². The van der Waals surface area contributed by atoms with Gasteiger partial charge in [0.05, 0.1) is 12.1 Å². The van der Waals surface area contributed by atoms with Crippen molar-refractivity contribution in [1.82, 2.24) is 9.97 Å². The molecule has 2 aliphatic rings. The zero-order chi connectivity index (χ0) is 13.3. The molecule has 0 saturated heterocycles. The lowest BCUT2D eigenvalue weighted by Crippen LogP contribution is -2.45. The predicted molar refractivity (Wildman–Crippen MR) is 75.1 cm³/mol. The summed E-state index contributed by atoms with van der Waals surface area (Å²) in [5.41, 5.74) is 2.29. The van der Waals surface area contributed by atoms with E-state index in [9.17, 15) is 5.11 Å². The highest BCUT2D eigenvalue weighted by Crippen LogP contribution is 2.36. The maximum absolute atomic E-state index is 9.83. The molecule has 19 heavy (non-hydrogen) atoms. The van der Waals surface area contributed by atoms with Crippen LogP contribution < -0.4 is 5.32 Å². The Balaban J connectivity index is 1.82. The van der Waals surface area contributed by atoms with Gasteiger partial charge in [0.15, 0.2) is 0 Å². The number of nitrogens with one attached hydrogen (secondary N) is 1. The number of rotatable bonds is 3. The zero-order valence-corrected chi connectivity index (χ0v) is 11.7. The second-order valence-electron chi connectivity index (χ2n) is 6.25. The van der Waals surface area contributed by atoms with Crippen molar-refractivity contribution in [2.75, 3.05) is 11.9 Å². The summed E-state index contributed by atoms with van der Waals surface area (Å²) in [4.78, 5) is 8.78. The fourth-order valence-corrected chi connectivity index (χ4v) is 3.36. The van der Waals surface area contributed by atoms with Crippen molar-refractivity contribution in [3.63, 3.8) is 0 Å². The SMILES string of the molecule is CC1CCC(CO)(Nc2ncnc3c2CCC3)CC1. The number of hydrogen-bond acceptors (Lipinski definition) is 4. The molecule has 4 heteroatoms. The van der Waals surface area contributed by atoms with Crippen LogP contribution in [-0.4, -0.2) is 27.2 Å². The quantitative estimate of drug-likeness (QED) is 0.876. The maximum atomic E-state index is 9.83. The van der Waals surface area contributed by atoms with Crippen LogP contribution in [0.25, 0.3) is 0 Å². The molecule has 0 unspecified atom stereocenters. The minimum absolute atomic E-state index is 0.169. The molecule has 104 valence electrons. The average molecular weight is 261 g/mol. The third-order valence-electron chi connectivity index (χ3n) is 4.79. The smallest absolute Gasteiger partial charge is 0.133 e. The molecule has 3 rings (SSSR count). The fourth-order valence-electron chi connectivity index (χ4n) is 3.36. The van der Waals surface area contributed by atoms with E-state index in [0.29, 0.717) is 0 Å². The first kappa shape index (κ1) is 12.9. The number of aromatic nitrogens is 2. The van der Waals surface area contributed by atoms with E-state index >= 15 is 0 Å². The first-order valence-corrected chi connectivity index (χ1v) is 7.44. The summed E-state index contributed by atoms with van der Waals surface area (Å²) in [5.74, 6) is 1.74. The van der Waals surface area contributed by atoms with Crippen molar-refractivity contribution in [2.24, 2.45) is 5.92 Å². The van der Waals surface area contributed by atoms with Crippen molar-refractivity contribution in [1.29, 1.82) is 0 Å². The first-order chi connectivity index (χ1) is 9.22. The Labute approximate surface area is 114 Å². The summed E-state index contributed by atoms with van der Waals surface area (Å²) in [5, 5.41) is 13.4. The zero-order valence-electron chi connectivity index (χ0n) is 11.7. The van der Waals surface area contributed by atoms with E-state index in [2.05, 4.69) is 22.2 Å². The van der Waals surface area contributed by atoms with Crippen molar-refractivity contribution >= 4 is 5.82 Å². The lowest BCUT2D eigenvalue weighted by Gasteiger charge is -2.39. The summed E-state index contributed by atoms with van der Waals surface area (Å²) in [6, 6.07) is 0. The van der Waals surface area contributed by atoms with Gasteiger partial charge in [-0.25, -0.2) is 9.97 Å². The molecule has 4 nitrogen and oxygen atoms in total. The molecule has 1 aromatic heterocycles. The molecule has 2 aliphatic carbocycles. The average Bonchev–Trinajstić information content (AvgIpc) is 2.91. The molecule has 0 amide bonds. The third-order valence-corrected chi connectivity index (χ3v) is 4.79. The summed E-state index contributed by atoms with van der Waals surface area (Å²) in [6.45, 7) is 2.49. The number of aryl methyl sites for hydroxylation is 1. The number of aliphatic hydroxyl groups is 1. The summed E-state index contributed by atoms with van der Waals surface area (Å²) >= 11 is 0. The highest BCUT2D eigenvalue weighted by Gasteiger charge is 2.34. The Morgan fingerprint density at radius 3 is 2.84 bits per heavy atom. The largest absolute Gasteiger partial charge is 0.394 e. The monoisotopic (exact) mass is 261 g/mol. The summed E-state index contributed by atoms with van der Waals surface area (Å²) in [6.07, 6.45) is 9.38. The van der Waals surface area contributed by atoms with E-state index < -0.39 is 0 Å². The normalized spacial score (nSPS) is 30.1. The lowest BCUT2D eigenvalue weighted by molar-refractivity contribution is 0.155. The molecule has 0 radical (unpaired) electrons. The van der Waals surface area contributed by atoms with Crippen LogP contribution in [-0.2, 0) is 12.8 Å². The summed E-state index contributed by atoms with van der Waals surface area (Å²) in [7, 11) is 0. The number of aliphatic hydroxyl groups excluding tert-OH is 1. The molecule has 0 atom stereocenters. The summed E-state index contributed by atoms with van der Waals surface area (Å²) < 4.78 is 0. The van der Waals surface area contributed by atoms with Gasteiger partial charge in [-0.2, -0.15) is 0 Å². The molecule has 1 aromatic rings. The highest BCUT2D eigenvalue weighted by molar-refractivity contribution is 5.50. The van der Waals surface area contributed by atoms with Crippen molar-refractivity contribution in [3.05, 3.63) is 17.6 Å². The minimum Gasteiger partial charge on any atom is -0.394 e. The second-order valence-corrected chi connectivity index (χ2v) is 6.25. The van der Waals surface area contributed by atoms with Gasteiger partial charge in [-0.05, 0) is 50.9 Å². The van der Waals surface area contributed by atoms with Gasteiger partial charge < -0.3 is 10.4 Å². The molecule has 0 aliphatic heterocycles. The van der Waals surface area contributed by atoms with E-state index in [1.54, 1.807) is 6.33 Å². The van der Waals surface area contributed by atoms with Gasteiger partial charge in [0.1, 0.15) is 12.1 Å². The van der Waals surface area contributed by atoms with Gasteiger partial charge in [-0.1, -0.05) is 6.92 Å². The molecule has 1 fully saturated rings. The number of anilines is 1. The Bertz CT molecular complexity index is 453. The molecule has 2 N–H and O–H groups in total. The van der Waals surface area contributed by atoms with E-state index in [1.807, 2.05) is 0 Å². The van der Waals surface area contributed by atoms with E-state index in [0.717, 1.165) is 37.4 Å². The molecule has 0 aromatic carbocycles. The Kier molecular flexibility index (Phi) is 3.44. The molecular formula is C15H23N3O. The Morgan fingerprint density at radius 2 is 2.11 bits per heavy atom. The van der Waals surface area contributed by atoms with Gasteiger partial charge >= 0.3 is 0 Å². The van der Waals surface area contributed by atoms with Crippen molar-refractivity contribution in [3.8, 4) is 0 Å². The van der Waals surface area contributed by atoms with Crippen molar-refractivity contribution < 1.29 is 5.11 Å². The lowest BCUT2D eigenvalue weighted by atomic mass is 9.77. The molecule has 1 heterocycles. The Hall–Kier alpha value is -1.16. The van der Waals surface area contributed by atoms with Gasteiger partial charge in [0, 0.05) is 11.3 Å². The van der Waals surface area contributed by atoms with Crippen LogP contribution in [0.2, 0.25) is 0 Å². The van der Waals surface area contributed by atoms with Crippen LogP contribution in [0.3, 0.4) is 0 Å². The maximum Gasteiger partial charge on any atom is 0.133 e. The van der Waals surface area contributed by atoms with Crippen LogP contribution in [0.4, 0.5) is 5.82 Å². The number of hydrogen-bond donors (Lipinski definition) is 2.